The Kier molecular flexibility index (Phi) is 4.66. The number of rotatable bonds is 3. The van der Waals surface area contributed by atoms with Crippen molar-refractivity contribution >= 4 is 11.8 Å². The van der Waals surface area contributed by atoms with Crippen LogP contribution in [0.1, 0.15) is 42.9 Å². The maximum Gasteiger partial charge on any atom is 0.251 e. The number of likely N-dealkylation sites (N-methyl/N-ethyl adjacent to an activating group) is 1. The number of nitrogens with zero attached hydrogens (tertiary/aromatic N) is 1. The van der Waals surface area contributed by atoms with Crippen LogP contribution in [0.3, 0.4) is 0 Å². The zero-order valence-electron chi connectivity index (χ0n) is 13.7. The highest BCUT2D eigenvalue weighted by Crippen LogP contribution is 2.31. The molecule has 1 aromatic rings. The van der Waals surface area contributed by atoms with Crippen LogP contribution in [0.5, 0.6) is 0 Å². The Balaban J connectivity index is 1.85. The van der Waals surface area contributed by atoms with Crippen LogP contribution in [0, 0.1) is 6.92 Å². The minimum atomic E-state index is -0.653. The fraction of sp³-hybridized carbons (Fsp3) is 0.556. The Morgan fingerprint density at radius 2 is 1.96 bits per heavy atom. The molecule has 2 fully saturated rings. The van der Waals surface area contributed by atoms with Gasteiger partial charge in [-0.1, -0.05) is 37.1 Å². The highest BCUT2D eigenvalue weighted by molar-refractivity contribution is 5.86. The van der Waals surface area contributed by atoms with Gasteiger partial charge in [0.15, 0.2) is 6.10 Å². The summed E-state index contributed by atoms with van der Waals surface area (Å²) >= 11 is 0. The predicted molar refractivity (Wildman–Crippen MR) is 86.8 cm³/mol. The standard InChI is InChI=1S/C18H24N2O3/c1-12-7-3-6-10-14(12)16-17(23-11-15(21)20(16)2)18(22)19-13-8-4-5-9-13/h3,6-7,10,13,16-17H,4-5,8-9,11H2,1-2H3,(H,19,22). The van der Waals surface area contributed by atoms with Crippen molar-refractivity contribution in [2.45, 2.75) is 50.8 Å². The molecule has 1 saturated heterocycles. The van der Waals surface area contributed by atoms with Crippen molar-refractivity contribution in [1.82, 2.24) is 10.2 Å². The van der Waals surface area contributed by atoms with Crippen molar-refractivity contribution in [2.24, 2.45) is 0 Å². The Labute approximate surface area is 137 Å². The summed E-state index contributed by atoms with van der Waals surface area (Å²) in [5.41, 5.74) is 2.02. The number of carbonyl (C=O) groups excluding carboxylic acids is 2. The molecule has 2 unspecified atom stereocenters. The van der Waals surface area contributed by atoms with Crippen molar-refractivity contribution in [3.63, 3.8) is 0 Å². The van der Waals surface area contributed by atoms with E-state index in [9.17, 15) is 9.59 Å². The molecule has 1 heterocycles. The lowest BCUT2D eigenvalue weighted by molar-refractivity contribution is -0.162. The molecule has 1 aliphatic carbocycles. The third kappa shape index (κ3) is 3.24. The van der Waals surface area contributed by atoms with Gasteiger partial charge in [0.2, 0.25) is 5.91 Å². The highest BCUT2D eigenvalue weighted by atomic mass is 16.5. The van der Waals surface area contributed by atoms with E-state index in [0.29, 0.717) is 0 Å². The highest BCUT2D eigenvalue weighted by Gasteiger charge is 2.41. The number of aryl methyl sites for hydroxylation is 1. The minimum absolute atomic E-state index is 0.0400. The molecule has 1 aliphatic heterocycles. The van der Waals surface area contributed by atoms with E-state index in [0.717, 1.165) is 36.8 Å². The average Bonchev–Trinajstić information content (AvgIpc) is 3.03. The second-order valence-corrected chi connectivity index (χ2v) is 6.53. The first-order chi connectivity index (χ1) is 11.1. The van der Waals surface area contributed by atoms with Crippen molar-refractivity contribution in [1.29, 1.82) is 0 Å². The maximum atomic E-state index is 12.7. The summed E-state index contributed by atoms with van der Waals surface area (Å²) in [7, 11) is 1.75. The number of benzene rings is 1. The second kappa shape index (κ2) is 6.71. The van der Waals surface area contributed by atoms with Crippen molar-refractivity contribution in [3.05, 3.63) is 35.4 Å². The van der Waals surface area contributed by atoms with Crippen LogP contribution in [0.15, 0.2) is 24.3 Å². The van der Waals surface area contributed by atoms with E-state index in [-0.39, 0.29) is 30.5 Å². The van der Waals surface area contributed by atoms with Gasteiger partial charge >= 0.3 is 0 Å². The second-order valence-electron chi connectivity index (χ2n) is 6.53. The predicted octanol–water partition coefficient (Wildman–Crippen LogP) is 1.95. The molecule has 124 valence electrons. The third-order valence-electron chi connectivity index (χ3n) is 4.95. The monoisotopic (exact) mass is 316 g/mol. The first-order valence-electron chi connectivity index (χ1n) is 8.31. The summed E-state index contributed by atoms with van der Waals surface area (Å²) in [6.07, 6.45) is 3.73. The zero-order chi connectivity index (χ0) is 16.4. The van der Waals surface area contributed by atoms with Crippen molar-refractivity contribution in [2.75, 3.05) is 13.7 Å². The summed E-state index contributed by atoms with van der Waals surface area (Å²) in [5, 5.41) is 3.10. The summed E-state index contributed by atoms with van der Waals surface area (Å²) in [6.45, 7) is 1.95. The molecule has 2 amide bonds. The van der Waals surface area contributed by atoms with E-state index in [4.69, 9.17) is 4.74 Å². The number of hydrogen-bond donors (Lipinski definition) is 1. The number of ether oxygens (including phenoxy) is 1. The maximum absolute atomic E-state index is 12.7. The fourth-order valence-electron chi connectivity index (χ4n) is 3.58. The molecule has 2 aliphatic rings. The molecular weight excluding hydrogens is 292 g/mol. The van der Waals surface area contributed by atoms with E-state index < -0.39 is 6.10 Å². The molecule has 0 aromatic heterocycles. The van der Waals surface area contributed by atoms with Crippen molar-refractivity contribution in [3.8, 4) is 0 Å². The van der Waals surface area contributed by atoms with E-state index in [1.165, 1.54) is 0 Å². The summed E-state index contributed by atoms with van der Waals surface area (Å²) in [6, 6.07) is 7.71. The number of hydrogen-bond acceptors (Lipinski definition) is 3. The molecule has 3 rings (SSSR count). The first kappa shape index (κ1) is 16.0. The summed E-state index contributed by atoms with van der Waals surface area (Å²) in [5.74, 6) is -0.201. The van der Waals surface area contributed by atoms with E-state index in [2.05, 4.69) is 5.32 Å². The molecule has 0 spiro atoms. The van der Waals surface area contributed by atoms with Gasteiger partial charge in [-0.25, -0.2) is 0 Å². The topological polar surface area (TPSA) is 58.6 Å². The van der Waals surface area contributed by atoms with E-state index >= 15 is 0 Å². The van der Waals surface area contributed by atoms with Gasteiger partial charge in [-0.3, -0.25) is 9.59 Å². The lowest BCUT2D eigenvalue weighted by Gasteiger charge is -2.39. The van der Waals surface area contributed by atoms with Gasteiger partial charge in [-0.15, -0.1) is 0 Å². The van der Waals surface area contributed by atoms with Crippen molar-refractivity contribution < 1.29 is 14.3 Å². The largest absolute Gasteiger partial charge is 0.356 e. The minimum Gasteiger partial charge on any atom is -0.356 e. The molecule has 1 N–H and O–H groups in total. The molecule has 2 atom stereocenters. The molecule has 5 heteroatoms. The van der Waals surface area contributed by atoms with Gasteiger partial charge in [-0.2, -0.15) is 0 Å². The van der Waals surface area contributed by atoms with Gasteiger partial charge in [-0.05, 0) is 30.9 Å². The van der Waals surface area contributed by atoms with Crippen LogP contribution in [-0.2, 0) is 14.3 Å². The summed E-state index contributed by atoms with van der Waals surface area (Å²) in [4.78, 5) is 26.4. The number of amides is 2. The Bertz CT molecular complexity index is 596. The average molecular weight is 316 g/mol. The molecule has 0 bridgehead atoms. The SMILES string of the molecule is Cc1ccccc1C1C(C(=O)NC2CCCC2)OCC(=O)N1C. The summed E-state index contributed by atoms with van der Waals surface area (Å²) < 4.78 is 5.65. The Morgan fingerprint density at radius 1 is 1.26 bits per heavy atom. The molecule has 0 radical (unpaired) electrons. The fourth-order valence-corrected chi connectivity index (χ4v) is 3.58. The van der Waals surface area contributed by atoms with Gasteiger partial charge < -0.3 is 15.0 Å². The number of nitrogens with one attached hydrogen (secondary N) is 1. The van der Waals surface area contributed by atoms with Crippen LogP contribution in [0.25, 0.3) is 0 Å². The Morgan fingerprint density at radius 3 is 2.65 bits per heavy atom. The normalized spacial score (nSPS) is 25.7. The van der Waals surface area contributed by atoms with Crippen LogP contribution >= 0.6 is 0 Å². The molecule has 1 aromatic carbocycles. The van der Waals surface area contributed by atoms with Crippen LogP contribution in [-0.4, -0.2) is 42.5 Å². The van der Waals surface area contributed by atoms with Gasteiger partial charge in [0.25, 0.3) is 5.91 Å². The van der Waals surface area contributed by atoms with Crippen LogP contribution < -0.4 is 5.32 Å². The lowest BCUT2D eigenvalue weighted by atomic mass is 9.93. The van der Waals surface area contributed by atoms with Crippen LogP contribution in [0.4, 0.5) is 0 Å². The van der Waals surface area contributed by atoms with E-state index in [1.54, 1.807) is 11.9 Å². The van der Waals surface area contributed by atoms with Gasteiger partial charge in [0.1, 0.15) is 6.61 Å². The molecule has 1 saturated carbocycles. The molecule has 5 nitrogen and oxygen atoms in total. The third-order valence-corrected chi connectivity index (χ3v) is 4.95. The quantitative estimate of drug-likeness (QED) is 0.927. The number of carbonyl (C=O) groups is 2. The number of morpholine rings is 1. The first-order valence-corrected chi connectivity index (χ1v) is 8.31. The molecule has 23 heavy (non-hydrogen) atoms. The van der Waals surface area contributed by atoms with Crippen LogP contribution in [0.2, 0.25) is 0 Å². The Hall–Kier alpha value is -1.88. The molecular formula is C18H24N2O3. The van der Waals surface area contributed by atoms with E-state index in [1.807, 2.05) is 31.2 Å². The lowest BCUT2D eigenvalue weighted by Crippen LogP contribution is -2.54. The smallest absolute Gasteiger partial charge is 0.251 e. The van der Waals surface area contributed by atoms with Gasteiger partial charge in [0.05, 0.1) is 6.04 Å². The zero-order valence-corrected chi connectivity index (χ0v) is 13.7. The van der Waals surface area contributed by atoms with Gasteiger partial charge in [0, 0.05) is 13.1 Å².